The molecule has 0 aliphatic carbocycles. The molecule has 0 saturated heterocycles. The lowest BCUT2D eigenvalue weighted by Crippen LogP contribution is -2.30. The van der Waals surface area contributed by atoms with E-state index < -0.39 is 10.0 Å². The molecular formula is C21H23N5O4S2. The number of carbonyl (C=O) groups excluding carboxylic acids is 1. The molecule has 32 heavy (non-hydrogen) atoms. The summed E-state index contributed by atoms with van der Waals surface area (Å²) in [4.78, 5) is 12.8. The molecule has 168 valence electrons. The Bertz CT molecular complexity index is 1270. The van der Waals surface area contributed by atoms with Crippen LogP contribution in [0.5, 0.6) is 5.75 Å². The number of fused-ring (bicyclic) bond motifs is 1. The second kappa shape index (κ2) is 8.91. The number of hydrogen-bond donors (Lipinski definition) is 0. The van der Waals surface area contributed by atoms with Gasteiger partial charge in [0, 0.05) is 12.1 Å². The van der Waals surface area contributed by atoms with Crippen LogP contribution in [0, 0.1) is 6.92 Å². The van der Waals surface area contributed by atoms with Gasteiger partial charge in [-0.1, -0.05) is 17.8 Å². The number of Topliss-reactive ketones (excluding diaryl/α,β-unsaturated/α-hetero) is 1. The Labute approximate surface area is 190 Å². The minimum atomic E-state index is -3.32. The van der Waals surface area contributed by atoms with Crippen molar-refractivity contribution in [2.75, 3.05) is 29.5 Å². The minimum Gasteiger partial charge on any atom is -0.494 e. The quantitative estimate of drug-likeness (QED) is 0.363. The average Bonchev–Trinajstić information content (AvgIpc) is 3.44. The number of sulfonamides is 1. The number of methoxy groups -OCH3 is 1. The molecule has 1 aromatic heterocycles. The Morgan fingerprint density at radius 1 is 1.19 bits per heavy atom. The number of aryl methyl sites for hydroxylation is 1. The molecule has 0 N–H and O–H groups in total. The van der Waals surface area contributed by atoms with Gasteiger partial charge in [0.05, 0.1) is 24.3 Å². The molecule has 2 heterocycles. The van der Waals surface area contributed by atoms with E-state index in [0.29, 0.717) is 40.8 Å². The molecule has 0 fully saturated rings. The predicted octanol–water partition coefficient (Wildman–Crippen LogP) is 2.67. The molecule has 0 radical (unpaired) electrons. The van der Waals surface area contributed by atoms with Crippen molar-refractivity contribution in [2.24, 2.45) is 0 Å². The van der Waals surface area contributed by atoms with Gasteiger partial charge in [0.2, 0.25) is 15.2 Å². The number of tetrazole rings is 1. The number of rotatable bonds is 8. The number of nitrogens with zero attached hydrogens (tertiary/aromatic N) is 5. The van der Waals surface area contributed by atoms with Crippen LogP contribution in [-0.2, 0) is 16.4 Å². The van der Waals surface area contributed by atoms with E-state index in [1.165, 1.54) is 16.1 Å². The number of carbonyl (C=O) groups is 1. The third-order valence-corrected chi connectivity index (χ3v) is 7.99. The highest BCUT2D eigenvalue weighted by atomic mass is 32.2. The number of thioether (sulfide) groups is 1. The highest BCUT2D eigenvalue weighted by molar-refractivity contribution is 7.99. The van der Waals surface area contributed by atoms with Crippen LogP contribution < -0.4 is 9.04 Å². The van der Waals surface area contributed by atoms with E-state index in [9.17, 15) is 13.2 Å². The first-order valence-corrected chi connectivity index (χ1v) is 12.7. The Balaban J connectivity index is 1.51. The van der Waals surface area contributed by atoms with Gasteiger partial charge in [-0.3, -0.25) is 9.10 Å². The second-order valence-corrected chi connectivity index (χ2v) is 10.5. The molecule has 4 rings (SSSR count). The van der Waals surface area contributed by atoms with Gasteiger partial charge in [0.15, 0.2) is 5.78 Å². The van der Waals surface area contributed by atoms with Gasteiger partial charge in [-0.25, -0.2) is 8.42 Å². The van der Waals surface area contributed by atoms with Crippen molar-refractivity contribution in [1.82, 2.24) is 20.2 Å². The van der Waals surface area contributed by atoms with E-state index >= 15 is 0 Å². The SMILES string of the molecule is CCS(=O)(=O)N1CCc2cc(C(=O)CSc3nnnn3-c3cc(C)ccc3OC)ccc21. The number of ether oxygens (including phenoxy) is 1. The van der Waals surface area contributed by atoms with Crippen molar-refractivity contribution in [3.8, 4) is 11.4 Å². The Kier molecular flexibility index (Phi) is 6.20. The van der Waals surface area contributed by atoms with E-state index in [4.69, 9.17) is 4.74 Å². The standard InChI is InChI=1S/C21H23N5O4S2/c1-4-32(28,29)25-10-9-15-12-16(6-7-17(15)25)19(27)13-31-21-22-23-24-26(21)18-11-14(2)5-8-20(18)30-3/h5-8,11-12H,4,9-10,13H2,1-3H3. The van der Waals surface area contributed by atoms with Crippen LogP contribution in [0.3, 0.4) is 0 Å². The average molecular weight is 474 g/mol. The molecule has 9 nitrogen and oxygen atoms in total. The van der Waals surface area contributed by atoms with E-state index in [-0.39, 0.29) is 17.3 Å². The van der Waals surface area contributed by atoms with Crippen LogP contribution in [0.1, 0.15) is 28.4 Å². The lowest BCUT2D eigenvalue weighted by molar-refractivity contribution is 0.102. The molecule has 1 aliphatic rings. The number of hydrogen-bond acceptors (Lipinski definition) is 8. The number of benzene rings is 2. The Hall–Kier alpha value is -2.92. The summed E-state index contributed by atoms with van der Waals surface area (Å²) in [6, 6.07) is 10.9. The zero-order valence-corrected chi connectivity index (χ0v) is 19.6. The predicted molar refractivity (Wildman–Crippen MR) is 122 cm³/mol. The van der Waals surface area contributed by atoms with Gasteiger partial charge >= 0.3 is 0 Å². The summed E-state index contributed by atoms with van der Waals surface area (Å²) in [5, 5.41) is 12.3. The van der Waals surface area contributed by atoms with Gasteiger partial charge in [-0.2, -0.15) is 4.68 Å². The normalized spacial score (nSPS) is 13.3. The number of ketones is 1. The van der Waals surface area contributed by atoms with Crippen LogP contribution in [0.25, 0.3) is 5.69 Å². The number of anilines is 1. The fourth-order valence-corrected chi connectivity index (χ4v) is 5.53. The summed E-state index contributed by atoms with van der Waals surface area (Å²) in [6.45, 7) is 4.00. The molecule has 1 aliphatic heterocycles. The summed E-state index contributed by atoms with van der Waals surface area (Å²) in [5.74, 6) is 0.732. The molecule has 11 heteroatoms. The Morgan fingerprint density at radius 2 is 2.00 bits per heavy atom. The zero-order chi connectivity index (χ0) is 22.9. The Morgan fingerprint density at radius 3 is 2.75 bits per heavy atom. The minimum absolute atomic E-state index is 0.0458. The maximum Gasteiger partial charge on any atom is 0.234 e. The van der Waals surface area contributed by atoms with Crippen molar-refractivity contribution in [3.05, 3.63) is 53.1 Å². The van der Waals surface area contributed by atoms with Crippen molar-refractivity contribution in [3.63, 3.8) is 0 Å². The zero-order valence-electron chi connectivity index (χ0n) is 18.0. The van der Waals surface area contributed by atoms with Gasteiger partial charge < -0.3 is 4.74 Å². The molecule has 0 amide bonds. The summed E-state index contributed by atoms with van der Waals surface area (Å²) in [7, 11) is -1.74. The summed E-state index contributed by atoms with van der Waals surface area (Å²) >= 11 is 1.23. The molecule has 0 spiro atoms. The van der Waals surface area contributed by atoms with E-state index in [1.807, 2.05) is 25.1 Å². The molecule has 0 saturated carbocycles. The monoisotopic (exact) mass is 473 g/mol. The van der Waals surface area contributed by atoms with Crippen LogP contribution in [-0.4, -0.2) is 59.6 Å². The van der Waals surface area contributed by atoms with Gasteiger partial charge in [-0.05, 0) is 72.2 Å². The van der Waals surface area contributed by atoms with Crippen LogP contribution >= 0.6 is 11.8 Å². The van der Waals surface area contributed by atoms with Crippen LogP contribution in [0.4, 0.5) is 5.69 Å². The third-order valence-electron chi connectivity index (χ3n) is 5.29. The summed E-state index contributed by atoms with van der Waals surface area (Å²) in [6.07, 6.45) is 0.591. The molecule has 0 unspecified atom stereocenters. The molecule has 3 aromatic rings. The van der Waals surface area contributed by atoms with Crippen LogP contribution in [0.15, 0.2) is 41.6 Å². The fourth-order valence-electron chi connectivity index (χ4n) is 3.59. The first-order chi connectivity index (χ1) is 15.3. The second-order valence-electron chi connectivity index (χ2n) is 7.33. The van der Waals surface area contributed by atoms with E-state index in [1.54, 1.807) is 36.9 Å². The van der Waals surface area contributed by atoms with Crippen LogP contribution in [0.2, 0.25) is 0 Å². The topological polar surface area (TPSA) is 107 Å². The van der Waals surface area contributed by atoms with Gasteiger partial charge in [-0.15, -0.1) is 5.10 Å². The van der Waals surface area contributed by atoms with Gasteiger partial charge in [0.1, 0.15) is 11.4 Å². The van der Waals surface area contributed by atoms with E-state index in [2.05, 4.69) is 15.5 Å². The maximum atomic E-state index is 12.8. The van der Waals surface area contributed by atoms with Crippen molar-refractivity contribution in [2.45, 2.75) is 25.4 Å². The largest absolute Gasteiger partial charge is 0.494 e. The molecule has 2 aromatic carbocycles. The van der Waals surface area contributed by atoms with E-state index in [0.717, 1.165) is 11.1 Å². The molecule has 0 bridgehead atoms. The lowest BCUT2D eigenvalue weighted by Gasteiger charge is -2.18. The fraction of sp³-hybridized carbons (Fsp3) is 0.333. The van der Waals surface area contributed by atoms with Crippen molar-refractivity contribution >= 4 is 33.3 Å². The highest BCUT2D eigenvalue weighted by Gasteiger charge is 2.28. The van der Waals surface area contributed by atoms with Gasteiger partial charge in [0.25, 0.3) is 0 Å². The maximum absolute atomic E-state index is 12.8. The lowest BCUT2D eigenvalue weighted by atomic mass is 10.1. The first kappa shape index (κ1) is 22.3. The summed E-state index contributed by atoms with van der Waals surface area (Å²) in [5.41, 5.74) is 3.79. The molecular weight excluding hydrogens is 450 g/mol. The molecule has 0 atom stereocenters. The first-order valence-electron chi connectivity index (χ1n) is 10.1. The number of aromatic nitrogens is 4. The summed E-state index contributed by atoms with van der Waals surface area (Å²) < 4.78 is 32.9. The van der Waals surface area contributed by atoms with Crippen molar-refractivity contribution in [1.29, 1.82) is 0 Å². The third kappa shape index (κ3) is 4.22. The highest BCUT2D eigenvalue weighted by Crippen LogP contribution is 2.32. The van der Waals surface area contributed by atoms with Crippen molar-refractivity contribution < 1.29 is 17.9 Å². The smallest absolute Gasteiger partial charge is 0.234 e.